The zero-order valence-corrected chi connectivity index (χ0v) is 11.3. The lowest BCUT2D eigenvalue weighted by Crippen LogP contribution is -2.65. The van der Waals surface area contributed by atoms with Crippen LogP contribution in [0.2, 0.25) is 0 Å². The highest BCUT2D eigenvalue weighted by Crippen LogP contribution is 2.20. The van der Waals surface area contributed by atoms with Gasteiger partial charge < -0.3 is 10.2 Å². The highest BCUT2D eigenvalue weighted by atomic mass is 32.2. The first-order valence-corrected chi connectivity index (χ1v) is 7.32. The fourth-order valence-electron chi connectivity index (χ4n) is 1.69. The summed E-state index contributed by atoms with van der Waals surface area (Å²) >= 11 is 0. The van der Waals surface area contributed by atoms with Crippen LogP contribution in [0.15, 0.2) is 0 Å². The molecule has 0 aromatic carbocycles. The summed E-state index contributed by atoms with van der Waals surface area (Å²) in [5.74, 6) is -0.787. The molecule has 2 amide bonds. The number of rotatable bonds is 2. The molecule has 1 rings (SSSR count). The van der Waals surface area contributed by atoms with E-state index in [0.717, 1.165) is 6.26 Å². The van der Waals surface area contributed by atoms with Crippen molar-refractivity contribution in [3.63, 3.8) is 0 Å². The molecule has 0 aromatic heterocycles. The lowest BCUT2D eigenvalue weighted by Gasteiger charge is -2.42. The Balaban J connectivity index is 3.00. The van der Waals surface area contributed by atoms with Crippen molar-refractivity contribution < 1.29 is 18.0 Å². The number of sulfone groups is 1. The zero-order chi connectivity index (χ0) is 13.4. The second-order valence-corrected chi connectivity index (χ2v) is 7.14. The molecule has 0 spiro atoms. The lowest BCUT2D eigenvalue weighted by molar-refractivity contribution is -0.148. The molecule has 17 heavy (non-hydrogen) atoms. The standard InChI is InChI=1S/C10H18N2O4S/c1-7(17(4,15)16)8(13)12-6-5-11-9(14)10(12,2)3/h7H,5-6H2,1-4H3,(H,11,14). The predicted octanol–water partition coefficient (Wildman–Crippen LogP) is -0.843. The van der Waals surface area contributed by atoms with Gasteiger partial charge in [-0.3, -0.25) is 9.59 Å². The van der Waals surface area contributed by atoms with E-state index in [-0.39, 0.29) is 5.91 Å². The van der Waals surface area contributed by atoms with Crippen LogP contribution in [0.1, 0.15) is 20.8 Å². The Hall–Kier alpha value is -1.11. The van der Waals surface area contributed by atoms with Gasteiger partial charge in [0.1, 0.15) is 10.8 Å². The number of carbonyl (C=O) groups excluding carboxylic acids is 2. The van der Waals surface area contributed by atoms with Gasteiger partial charge in [-0.15, -0.1) is 0 Å². The molecule has 1 fully saturated rings. The van der Waals surface area contributed by atoms with Crippen molar-refractivity contribution in [3.05, 3.63) is 0 Å². The van der Waals surface area contributed by atoms with E-state index in [1.807, 2.05) is 0 Å². The highest BCUT2D eigenvalue weighted by molar-refractivity contribution is 7.92. The molecular formula is C10H18N2O4S. The van der Waals surface area contributed by atoms with E-state index in [2.05, 4.69) is 5.32 Å². The fraction of sp³-hybridized carbons (Fsp3) is 0.800. The molecule has 0 bridgehead atoms. The summed E-state index contributed by atoms with van der Waals surface area (Å²) in [7, 11) is -3.44. The molecule has 0 radical (unpaired) electrons. The van der Waals surface area contributed by atoms with Crippen molar-refractivity contribution >= 4 is 21.7 Å². The highest BCUT2D eigenvalue weighted by Gasteiger charge is 2.43. The van der Waals surface area contributed by atoms with Crippen LogP contribution in [0.25, 0.3) is 0 Å². The van der Waals surface area contributed by atoms with E-state index in [9.17, 15) is 18.0 Å². The van der Waals surface area contributed by atoms with Crippen LogP contribution in [0.4, 0.5) is 0 Å². The monoisotopic (exact) mass is 262 g/mol. The molecule has 1 heterocycles. The topological polar surface area (TPSA) is 83.6 Å². The molecule has 0 saturated carbocycles. The number of nitrogens with zero attached hydrogens (tertiary/aromatic N) is 1. The summed E-state index contributed by atoms with van der Waals surface area (Å²) < 4.78 is 22.7. The normalized spacial score (nSPS) is 21.9. The quantitative estimate of drug-likeness (QED) is 0.703. The predicted molar refractivity (Wildman–Crippen MR) is 63.1 cm³/mol. The fourth-order valence-corrected chi connectivity index (χ4v) is 2.18. The first kappa shape index (κ1) is 14.0. The number of piperazine rings is 1. The third kappa shape index (κ3) is 2.59. The maximum absolute atomic E-state index is 12.1. The largest absolute Gasteiger partial charge is 0.352 e. The van der Waals surface area contributed by atoms with Crippen LogP contribution in [-0.2, 0) is 19.4 Å². The second kappa shape index (κ2) is 4.29. The zero-order valence-electron chi connectivity index (χ0n) is 10.5. The Labute approximate surface area is 101 Å². The average Bonchev–Trinajstić information content (AvgIpc) is 2.18. The molecule has 7 heteroatoms. The van der Waals surface area contributed by atoms with E-state index >= 15 is 0 Å². The molecule has 1 atom stereocenters. The summed E-state index contributed by atoms with van der Waals surface area (Å²) in [4.78, 5) is 25.1. The second-order valence-electron chi connectivity index (χ2n) is 4.78. The number of amides is 2. The van der Waals surface area contributed by atoms with Gasteiger partial charge in [0, 0.05) is 19.3 Å². The van der Waals surface area contributed by atoms with Crippen molar-refractivity contribution in [2.24, 2.45) is 0 Å². The molecule has 1 aliphatic heterocycles. The van der Waals surface area contributed by atoms with Crippen molar-refractivity contribution in [2.45, 2.75) is 31.6 Å². The van der Waals surface area contributed by atoms with Crippen molar-refractivity contribution in [2.75, 3.05) is 19.3 Å². The van der Waals surface area contributed by atoms with Crippen LogP contribution < -0.4 is 5.32 Å². The van der Waals surface area contributed by atoms with Crippen LogP contribution in [0.5, 0.6) is 0 Å². The SMILES string of the molecule is CC(C(=O)N1CCNC(=O)C1(C)C)S(C)(=O)=O. The minimum absolute atomic E-state index is 0.266. The van der Waals surface area contributed by atoms with Gasteiger partial charge in [-0.05, 0) is 20.8 Å². The Morgan fingerprint density at radius 3 is 2.47 bits per heavy atom. The van der Waals surface area contributed by atoms with Crippen LogP contribution >= 0.6 is 0 Å². The Morgan fingerprint density at radius 1 is 1.47 bits per heavy atom. The first-order chi connectivity index (χ1) is 7.58. The van der Waals surface area contributed by atoms with Gasteiger partial charge in [0.25, 0.3) is 0 Å². The maximum atomic E-state index is 12.1. The number of nitrogens with one attached hydrogen (secondary N) is 1. The summed E-state index contributed by atoms with van der Waals surface area (Å²) in [5.41, 5.74) is -1.01. The molecule has 6 nitrogen and oxygen atoms in total. The molecule has 1 N–H and O–H groups in total. The van der Waals surface area contributed by atoms with Gasteiger partial charge in [0.2, 0.25) is 11.8 Å². The maximum Gasteiger partial charge on any atom is 0.245 e. The van der Waals surface area contributed by atoms with E-state index < -0.39 is 26.5 Å². The first-order valence-electron chi connectivity index (χ1n) is 5.37. The number of hydrogen-bond donors (Lipinski definition) is 1. The van der Waals surface area contributed by atoms with Crippen molar-refractivity contribution in [3.8, 4) is 0 Å². The van der Waals surface area contributed by atoms with Gasteiger partial charge >= 0.3 is 0 Å². The van der Waals surface area contributed by atoms with Crippen molar-refractivity contribution in [1.29, 1.82) is 0 Å². The lowest BCUT2D eigenvalue weighted by atomic mass is 9.98. The van der Waals surface area contributed by atoms with Crippen LogP contribution in [-0.4, -0.2) is 55.3 Å². The minimum Gasteiger partial charge on any atom is -0.352 e. The van der Waals surface area contributed by atoms with E-state index in [1.165, 1.54) is 11.8 Å². The molecule has 1 saturated heterocycles. The summed E-state index contributed by atoms with van der Waals surface area (Å²) in [5, 5.41) is 1.53. The Bertz CT molecular complexity index is 441. The van der Waals surface area contributed by atoms with Gasteiger partial charge in [0.05, 0.1) is 0 Å². The molecule has 0 aliphatic carbocycles. The van der Waals surface area contributed by atoms with Gasteiger partial charge in [0.15, 0.2) is 9.84 Å². The van der Waals surface area contributed by atoms with Crippen LogP contribution in [0, 0.1) is 0 Å². The van der Waals surface area contributed by atoms with Crippen LogP contribution in [0.3, 0.4) is 0 Å². The van der Waals surface area contributed by atoms with E-state index in [0.29, 0.717) is 13.1 Å². The molecular weight excluding hydrogens is 244 g/mol. The van der Waals surface area contributed by atoms with E-state index in [4.69, 9.17) is 0 Å². The third-order valence-electron chi connectivity index (χ3n) is 3.11. The van der Waals surface area contributed by atoms with Crippen molar-refractivity contribution in [1.82, 2.24) is 10.2 Å². The molecule has 0 aromatic rings. The molecule has 98 valence electrons. The Morgan fingerprint density at radius 2 is 2.00 bits per heavy atom. The smallest absolute Gasteiger partial charge is 0.245 e. The van der Waals surface area contributed by atoms with Gasteiger partial charge in [-0.1, -0.05) is 0 Å². The summed E-state index contributed by atoms with van der Waals surface area (Å²) in [6, 6.07) is 0. The third-order valence-corrected chi connectivity index (χ3v) is 4.59. The molecule has 1 aliphatic rings. The van der Waals surface area contributed by atoms with Gasteiger partial charge in [-0.25, -0.2) is 8.42 Å². The number of carbonyl (C=O) groups is 2. The van der Waals surface area contributed by atoms with Gasteiger partial charge in [-0.2, -0.15) is 0 Å². The molecule has 1 unspecified atom stereocenters. The summed E-state index contributed by atoms with van der Waals surface area (Å²) in [6.07, 6.45) is 1.02. The minimum atomic E-state index is -3.44. The average molecular weight is 262 g/mol. The Kier molecular flexibility index (Phi) is 3.52. The van der Waals surface area contributed by atoms with E-state index in [1.54, 1.807) is 13.8 Å². The summed E-state index contributed by atoms with van der Waals surface area (Å²) in [6.45, 7) is 5.24. The number of hydrogen-bond acceptors (Lipinski definition) is 4.